The summed E-state index contributed by atoms with van der Waals surface area (Å²) in [6, 6.07) is 1.10. The molecule has 1 aromatic heterocycles. The first-order valence-electron chi connectivity index (χ1n) is 2.27. The lowest BCUT2D eigenvalue weighted by Crippen LogP contribution is -2.22. The molecule has 1 rings (SSSR count). The van der Waals surface area contributed by atoms with E-state index in [1.165, 1.54) is 0 Å². The number of hydrogen-bond donors (Lipinski definition) is 3. The fraction of sp³-hybridized carbons (Fsp3) is 0. The zero-order chi connectivity index (χ0) is 6.85. The molecule has 0 aliphatic carbocycles. The highest BCUT2D eigenvalue weighted by Crippen LogP contribution is 1.77. The standard InChI is InChI=1S/C4H5N3O2/c5-2-1-3(8)7-4(9)6-2/h1H,(H4,5,6,7,8,9)/i1+1. The summed E-state index contributed by atoms with van der Waals surface area (Å²) >= 11 is 0. The highest BCUT2D eigenvalue weighted by atomic mass is 16.2. The number of rotatable bonds is 0. The summed E-state index contributed by atoms with van der Waals surface area (Å²) in [5.41, 5.74) is 4.01. The van der Waals surface area contributed by atoms with E-state index < -0.39 is 11.2 Å². The third kappa shape index (κ3) is 1.18. The average Bonchev–Trinajstić information content (AvgIpc) is 1.59. The highest BCUT2D eigenvalue weighted by Gasteiger charge is 1.86. The third-order valence-electron chi connectivity index (χ3n) is 0.781. The molecule has 0 amide bonds. The Bertz CT molecular complexity index is 282. The van der Waals surface area contributed by atoms with Gasteiger partial charge in [0, 0.05) is 6.07 Å². The van der Waals surface area contributed by atoms with Gasteiger partial charge in [-0.3, -0.25) is 14.8 Å². The SMILES string of the molecule is Nc1[13cH]c(=O)[nH]c(=O)[nH]1. The van der Waals surface area contributed by atoms with Crippen LogP contribution in [0.4, 0.5) is 5.82 Å². The molecule has 9 heavy (non-hydrogen) atoms. The van der Waals surface area contributed by atoms with Crippen molar-refractivity contribution in [1.29, 1.82) is 0 Å². The number of nitrogens with one attached hydrogen (secondary N) is 2. The minimum atomic E-state index is -0.583. The second-order valence-corrected chi connectivity index (χ2v) is 1.54. The molecule has 0 unspecified atom stereocenters. The zero-order valence-corrected chi connectivity index (χ0v) is 4.47. The molecule has 0 aliphatic rings. The Hall–Kier alpha value is -1.52. The van der Waals surface area contributed by atoms with Gasteiger partial charge in [0.25, 0.3) is 5.56 Å². The van der Waals surface area contributed by atoms with Gasteiger partial charge in [0.2, 0.25) is 0 Å². The van der Waals surface area contributed by atoms with Gasteiger partial charge in [-0.15, -0.1) is 0 Å². The predicted octanol–water partition coefficient (Wildman–Crippen LogP) is -1.35. The number of anilines is 1. The quantitative estimate of drug-likeness (QED) is 0.403. The van der Waals surface area contributed by atoms with Gasteiger partial charge in [0.1, 0.15) is 5.82 Å². The van der Waals surface area contributed by atoms with Gasteiger partial charge in [-0.1, -0.05) is 0 Å². The molecule has 0 radical (unpaired) electrons. The van der Waals surface area contributed by atoms with E-state index in [4.69, 9.17) is 5.73 Å². The fourth-order valence-electron chi connectivity index (χ4n) is 0.488. The average molecular weight is 128 g/mol. The Morgan fingerprint density at radius 1 is 1.33 bits per heavy atom. The predicted molar refractivity (Wildman–Crippen MR) is 32.1 cm³/mol. The molecule has 0 saturated heterocycles. The number of aromatic nitrogens is 2. The van der Waals surface area contributed by atoms with Crippen molar-refractivity contribution in [1.82, 2.24) is 9.97 Å². The monoisotopic (exact) mass is 128 g/mol. The molecule has 1 aromatic rings. The molecular weight excluding hydrogens is 123 g/mol. The number of nitrogen functional groups attached to an aromatic ring is 1. The van der Waals surface area contributed by atoms with Crippen molar-refractivity contribution in [2.24, 2.45) is 0 Å². The molecule has 48 valence electrons. The van der Waals surface area contributed by atoms with Crippen LogP contribution in [0.25, 0.3) is 0 Å². The largest absolute Gasteiger partial charge is 0.385 e. The van der Waals surface area contributed by atoms with Crippen molar-refractivity contribution in [2.75, 3.05) is 5.73 Å². The van der Waals surface area contributed by atoms with Gasteiger partial charge in [-0.2, -0.15) is 0 Å². The normalized spacial score (nSPS) is 9.33. The first-order valence-corrected chi connectivity index (χ1v) is 2.27. The molecule has 5 nitrogen and oxygen atoms in total. The number of nitrogens with two attached hydrogens (primary N) is 1. The molecule has 0 fully saturated rings. The van der Waals surface area contributed by atoms with E-state index in [0.717, 1.165) is 6.07 Å². The van der Waals surface area contributed by atoms with Crippen molar-refractivity contribution in [3.8, 4) is 0 Å². The van der Waals surface area contributed by atoms with Crippen molar-refractivity contribution in [3.05, 3.63) is 26.9 Å². The van der Waals surface area contributed by atoms with Crippen LogP contribution in [0.1, 0.15) is 0 Å². The molecule has 0 aromatic carbocycles. The van der Waals surface area contributed by atoms with Crippen LogP contribution in [-0.2, 0) is 0 Å². The molecule has 0 spiro atoms. The first kappa shape index (κ1) is 5.61. The van der Waals surface area contributed by atoms with Crippen molar-refractivity contribution < 1.29 is 0 Å². The number of H-pyrrole nitrogens is 2. The zero-order valence-electron chi connectivity index (χ0n) is 4.47. The lowest BCUT2D eigenvalue weighted by Gasteiger charge is -1.85. The second kappa shape index (κ2) is 1.77. The Balaban J connectivity index is 3.52. The van der Waals surface area contributed by atoms with Crippen LogP contribution in [0.5, 0.6) is 0 Å². The summed E-state index contributed by atoms with van der Waals surface area (Å²) in [6.45, 7) is 0. The van der Waals surface area contributed by atoms with Crippen molar-refractivity contribution in [2.45, 2.75) is 0 Å². The summed E-state index contributed by atoms with van der Waals surface area (Å²) < 4.78 is 0. The smallest absolute Gasteiger partial charge is 0.327 e. The van der Waals surface area contributed by atoms with Gasteiger partial charge in [0.05, 0.1) is 0 Å². The third-order valence-corrected chi connectivity index (χ3v) is 0.781. The second-order valence-electron chi connectivity index (χ2n) is 1.54. The Kier molecular flexibility index (Phi) is 1.11. The van der Waals surface area contributed by atoms with Gasteiger partial charge >= 0.3 is 5.69 Å². The molecule has 1 heterocycles. The summed E-state index contributed by atoms with van der Waals surface area (Å²) in [7, 11) is 0. The first-order chi connectivity index (χ1) is 4.18. The van der Waals surface area contributed by atoms with E-state index in [0.29, 0.717) is 0 Å². The van der Waals surface area contributed by atoms with Crippen LogP contribution >= 0.6 is 0 Å². The minimum absolute atomic E-state index is 0.0729. The van der Waals surface area contributed by atoms with E-state index in [1.54, 1.807) is 0 Å². The van der Waals surface area contributed by atoms with Gasteiger partial charge in [0.15, 0.2) is 0 Å². The summed E-state index contributed by atoms with van der Waals surface area (Å²) in [5, 5.41) is 0. The molecule has 4 N–H and O–H groups in total. The number of aromatic amines is 2. The molecule has 0 bridgehead atoms. The van der Waals surface area contributed by atoms with E-state index in [2.05, 4.69) is 4.98 Å². The lowest BCUT2D eigenvalue weighted by atomic mass is 10.8. The van der Waals surface area contributed by atoms with Crippen molar-refractivity contribution >= 4 is 5.82 Å². The van der Waals surface area contributed by atoms with Crippen LogP contribution in [0.15, 0.2) is 15.7 Å². The Morgan fingerprint density at radius 3 is 2.44 bits per heavy atom. The summed E-state index contributed by atoms with van der Waals surface area (Å²) in [5.74, 6) is 0.0729. The topological polar surface area (TPSA) is 91.7 Å². The van der Waals surface area contributed by atoms with E-state index in [1.807, 2.05) is 4.98 Å². The fourth-order valence-corrected chi connectivity index (χ4v) is 0.488. The minimum Gasteiger partial charge on any atom is -0.385 e. The van der Waals surface area contributed by atoms with Crippen LogP contribution in [-0.4, -0.2) is 9.97 Å². The molecule has 0 saturated carbocycles. The highest BCUT2D eigenvalue weighted by molar-refractivity contribution is 5.22. The number of hydrogen-bond acceptors (Lipinski definition) is 3. The van der Waals surface area contributed by atoms with E-state index in [-0.39, 0.29) is 5.82 Å². The van der Waals surface area contributed by atoms with E-state index >= 15 is 0 Å². The van der Waals surface area contributed by atoms with Gasteiger partial charge < -0.3 is 5.73 Å². The Morgan fingerprint density at radius 2 is 2.00 bits per heavy atom. The van der Waals surface area contributed by atoms with Gasteiger partial charge in [-0.05, 0) is 0 Å². The van der Waals surface area contributed by atoms with Gasteiger partial charge in [-0.25, -0.2) is 4.79 Å². The maximum atomic E-state index is 10.4. The molecule has 5 heteroatoms. The van der Waals surface area contributed by atoms with Crippen molar-refractivity contribution in [3.63, 3.8) is 0 Å². The Labute approximate surface area is 49.5 Å². The maximum absolute atomic E-state index is 10.4. The lowest BCUT2D eigenvalue weighted by molar-refractivity contribution is 1.05. The van der Waals surface area contributed by atoms with Crippen LogP contribution in [0.2, 0.25) is 0 Å². The molecular formula is C4H5N3O2. The van der Waals surface area contributed by atoms with Crippen LogP contribution in [0.3, 0.4) is 0 Å². The van der Waals surface area contributed by atoms with Crippen LogP contribution in [0, 0.1) is 0 Å². The summed E-state index contributed by atoms with van der Waals surface area (Å²) in [6.07, 6.45) is 0. The van der Waals surface area contributed by atoms with E-state index in [9.17, 15) is 9.59 Å². The van der Waals surface area contributed by atoms with Crippen LogP contribution < -0.4 is 17.0 Å². The maximum Gasteiger partial charge on any atom is 0.327 e. The molecule has 0 atom stereocenters. The molecule has 0 aliphatic heterocycles. The summed E-state index contributed by atoms with van der Waals surface area (Å²) in [4.78, 5) is 24.8.